The first-order chi connectivity index (χ1) is 8.64. The molecule has 0 spiro atoms. The van der Waals surface area contributed by atoms with E-state index in [1.165, 1.54) is 44.9 Å². The molecule has 0 aromatic heterocycles. The van der Waals surface area contributed by atoms with Crippen molar-refractivity contribution in [3.05, 3.63) is 0 Å². The molecule has 108 valence electrons. The third-order valence-corrected chi connectivity index (χ3v) is 5.24. The van der Waals surface area contributed by atoms with E-state index in [0.717, 1.165) is 25.7 Å². The van der Waals surface area contributed by atoms with Gasteiger partial charge in [0.05, 0.1) is 5.75 Å². The normalized spacial score (nSPS) is 18.1. The molecule has 0 atom stereocenters. The highest BCUT2D eigenvalue weighted by atomic mass is 32.2. The quantitative estimate of drug-likeness (QED) is 0.654. The zero-order valence-corrected chi connectivity index (χ0v) is 12.6. The Morgan fingerprint density at radius 1 is 0.944 bits per heavy atom. The van der Waals surface area contributed by atoms with Gasteiger partial charge in [-0.15, -0.1) is 0 Å². The number of unbranched alkanes of at least 4 members (excludes halogenated alkanes) is 5. The molecule has 4 heteroatoms. The first kappa shape index (κ1) is 16.0. The molecule has 18 heavy (non-hydrogen) atoms. The molecule has 0 saturated heterocycles. The largest absolute Gasteiger partial charge is 0.212 e. The van der Waals surface area contributed by atoms with E-state index in [4.69, 9.17) is 0 Å². The lowest BCUT2D eigenvalue weighted by molar-refractivity contribution is 0.411. The maximum atomic E-state index is 11.9. The van der Waals surface area contributed by atoms with Crippen molar-refractivity contribution in [2.24, 2.45) is 0 Å². The van der Waals surface area contributed by atoms with Crippen molar-refractivity contribution < 1.29 is 8.42 Å². The molecular formula is C14H29NO2S. The van der Waals surface area contributed by atoms with Gasteiger partial charge in [-0.1, -0.05) is 58.3 Å². The van der Waals surface area contributed by atoms with Crippen LogP contribution in [0.3, 0.4) is 0 Å². The molecule has 1 aliphatic carbocycles. The monoisotopic (exact) mass is 275 g/mol. The Balaban J connectivity index is 2.11. The zero-order chi connectivity index (χ0) is 13.3. The summed E-state index contributed by atoms with van der Waals surface area (Å²) in [5, 5.41) is 0. The lowest BCUT2D eigenvalue weighted by atomic mass is 9.96. The number of hydrogen-bond donors (Lipinski definition) is 1. The van der Waals surface area contributed by atoms with Crippen molar-refractivity contribution in [2.75, 3.05) is 5.75 Å². The summed E-state index contributed by atoms with van der Waals surface area (Å²) in [5.74, 6) is 0.315. The minimum atomic E-state index is -3.02. The lowest BCUT2D eigenvalue weighted by Gasteiger charge is -2.22. The van der Waals surface area contributed by atoms with Crippen molar-refractivity contribution in [3.8, 4) is 0 Å². The van der Waals surface area contributed by atoms with Crippen LogP contribution in [0, 0.1) is 0 Å². The van der Waals surface area contributed by atoms with Gasteiger partial charge in [-0.3, -0.25) is 0 Å². The van der Waals surface area contributed by atoms with Crippen LogP contribution in [-0.2, 0) is 10.0 Å². The van der Waals surface area contributed by atoms with Crippen molar-refractivity contribution in [2.45, 2.75) is 83.6 Å². The molecule has 0 radical (unpaired) electrons. The topological polar surface area (TPSA) is 46.2 Å². The van der Waals surface area contributed by atoms with Gasteiger partial charge in [0.15, 0.2) is 0 Å². The Labute approximate surface area is 113 Å². The first-order valence-electron chi connectivity index (χ1n) is 7.64. The fraction of sp³-hybridized carbons (Fsp3) is 1.00. The number of nitrogens with one attached hydrogen (secondary N) is 1. The minimum Gasteiger partial charge on any atom is -0.212 e. The van der Waals surface area contributed by atoms with Crippen LogP contribution in [0.1, 0.15) is 77.6 Å². The van der Waals surface area contributed by atoms with Gasteiger partial charge in [-0.2, -0.15) is 0 Å². The third kappa shape index (κ3) is 7.37. The van der Waals surface area contributed by atoms with E-state index in [2.05, 4.69) is 11.6 Å². The fourth-order valence-corrected chi connectivity index (χ4v) is 4.05. The van der Waals surface area contributed by atoms with E-state index < -0.39 is 10.0 Å². The summed E-state index contributed by atoms with van der Waals surface area (Å²) in [6.07, 6.45) is 12.4. The summed E-state index contributed by atoms with van der Waals surface area (Å²) < 4.78 is 26.6. The average Bonchev–Trinajstić information content (AvgIpc) is 2.34. The molecule has 0 heterocycles. The summed E-state index contributed by atoms with van der Waals surface area (Å²) >= 11 is 0. The molecule has 0 unspecified atom stereocenters. The van der Waals surface area contributed by atoms with E-state index in [1.807, 2.05) is 0 Å². The summed E-state index contributed by atoms with van der Waals surface area (Å²) in [4.78, 5) is 0. The maximum Gasteiger partial charge on any atom is 0.211 e. The van der Waals surface area contributed by atoms with Crippen molar-refractivity contribution in [1.29, 1.82) is 0 Å². The molecular weight excluding hydrogens is 246 g/mol. The van der Waals surface area contributed by atoms with Crippen LogP contribution < -0.4 is 4.72 Å². The van der Waals surface area contributed by atoms with Gasteiger partial charge >= 0.3 is 0 Å². The van der Waals surface area contributed by atoms with Gasteiger partial charge in [0.1, 0.15) is 0 Å². The standard InChI is InChI=1S/C14H29NO2S/c1-2-3-4-5-6-10-13-18(16,17)15-14-11-8-7-9-12-14/h14-15H,2-13H2,1H3. The SMILES string of the molecule is CCCCCCCCS(=O)(=O)NC1CCCCC1. The highest BCUT2D eigenvalue weighted by Crippen LogP contribution is 2.18. The summed E-state index contributed by atoms with van der Waals surface area (Å²) in [7, 11) is -3.02. The first-order valence-corrected chi connectivity index (χ1v) is 9.29. The van der Waals surface area contributed by atoms with Crippen LogP contribution in [0.5, 0.6) is 0 Å². The van der Waals surface area contributed by atoms with Crippen LogP contribution >= 0.6 is 0 Å². The van der Waals surface area contributed by atoms with Crippen LogP contribution in [0.25, 0.3) is 0 Å². The predicted molar refractivity (Wildman–Crippen MR) is 77.2 cm³/mol. The van der Waals surface area contributed by atoms with Gasteiger partial charge in [-0.05, 0) is 19.3 Å². The maximum absolute atomic E-state index is 11.9. The highest BCUT2D eigenvalue weighted by molar-refractivity contribution is 7.89. The minimum absolute atomic E-state index is 0.212. The smallest absolute Gasteiger partial charge is 0.211 e. The molecule has 1 rings (SSSR count). The van der Waals surface area contributed by atoms with Crippen molar-refractivity contribution in [1.82, 2.24) is 4.72 Å². The number of hydrogen-bond acceptors (Lipinski definition) is 2. The molecule has 1 N–H and O–H groups in total. The second-order valence-corrected chi connectivity index (χ2v) is 7.41. The van der Waals surface area contributed by atoms with Gasteiger partial charge in [-0.25, -0.2) is 13.1 Å². The van der Waals surface area contributed by atoms with Crippen molar-refractivity contribution >= 4 is 10.0 Å². The van der Waals surface area contributed by atoms with Crippen LogP contribution in [0.15, 0.2) is 0 Å². The second kappa shape index (κ2) is 8.92. The summed E-state index contributed by atoms with van der Waals surface area (Å²) in [6, 6.07) is 0.212. The Kier molecular flexibility index (Phi) is 7.91. The zero-order valence-electron chi connectivity index (χ0n) is 11.8. The molecule has 0 bridgehead atoms. The molecule has 0 amide bonds. The molecule has 0 aromatic carbocycles. The van der Waals surface area contributed by atoms with Crippen LogP contribution in [-0.4, -0.2) is 20.2 Å². The molecule has 1 saturated carbocycles. The summed E-state index contributed by atoms with van der Waals surface area (Å²) in [5.41, 5.74) is 0. The number of sulfonamides is 1. The Bertz CT molecular complexity index is 295. The molecule has 3 nitrogen and oxygen atoms in total. The van der Waals surface area contributed by atoms with E-state index in [-0.39, 0.29) is 6.04 Å². The van der Waals surface area contributed by atoms with E-state index >= 15 is 0 Å². The summed E-state index contributed by atoms with van der Waals surface area (Å²) in [6.45, 7) is 2.19. The third-order valence-electron chi connectivity index (χ3n) is 3.72. The van der Waals surface area contributed by atoms with E-state index in [0.29, 0.717) is 5.75 Å². The van der Waals surface area contributed by atoms with Crippen LogP contribution in [0.4, 0.5) is 0 Å². The van der Waals surface area contributed by atoms with E-state index in [9.17, 15) is 8.42 Å². The van der Waals surface area contributed by atoms with Gasteiger partial charge < -0.3 is 0 Å². The van der Waals surface area contributed by atoms with Crippen LogP contribution in [0.2, 0.25) is 0 Å². The molecule has 1 aliphatic rings. The highest BCUT2D eigenvalue weighted by Gasteiger charge is 2.19. The second-order valence-electron chi connectivity index (χ2n) is 5.54. The Morgan fingerprint density at radius 3 is 2.22 bits per heavy atom. The van der Waals surface area contributed by atoms with Gasteiger partial charge in [0.2, 0.25) is 10.0 Å². The molecule has 0 aromatic rings. The number of rotatable bonds is 9. The Morgan fingerprint density at radius 2 is 1.56 bits per heavy atom. The predicted octanol–water partition coefficient (Wildman–Crippen LogP) is 3.60. The lowest BCUT2D eigenvalue weighted by Crippen LogP contribution is -2.37. The average molecular weight is 275 g/mol. The van der Waals surface area contributed by atoms with Crippen molar-refractivity contribution in [3.63, 3.8) is 0 Å². The Hall–Kier alpha value is -0.0900. The molecule has 0 aliphatic heterocycles. The van der Waals surface area contributed by atoms with Gasteiger partial charge in [0.25, 0.3) is 0 Å². The van der Waals surface area contributed by atoms with Gasteiger partial charge in [0, 0.05) is 6.04 Å². The molecule has 1 fully saturated rings. The fourth-order valence-electron chi connectivity index (χ4n) is 2.61. The van der Waals surface area contributed by atoms with E-state index in [1.54, 1.807) is 0 Å².